The summed E-state index contributed by atoms with van der Waals surface area (Å²) in [4.78, 5) is 52.3. The summed E-state index contributed by atoms with van der Waals surface area (Å²) in [6.45, 7) is -0.398. The van der Waals surface area contributed by atoms with E-state index in [1.165, 1.54) is 48.7 Å². The maximum absolute atomic E-state index is 12.8. The molecule has 0 spiro atoms. The van der Waals surface area contributed by atoms with Gasteiger partial charge in [0.2, 0.25) is 0 Å². The molecule has 2 unspecified atom stereocenters. The van der Waals surface area contributed by atoms with E-state index in [0.29, 0.717) is 10.0 Å². The molecular weight excluding hydrogens is 487 g/mol. The molecule has 176 valence electrons. The molecule has 1 aromatic heterocycles. The Hall–Kier alpha value is -3.40. The van der Waals surface area contributed by atoms with E-state index in [9.17, 15) is 19.2 Å². The summed E-state index contributed by atoms with van der Waals surface area (Å²) < 4.78 is 17.6. The van der Waals surface area contributed by atoms with Crippen LogP contribution in [-0.2, 0) is 14.2 Å². The van der Waals surface area contributed by atoms with Crippen molar-refractivity contribution in [2.24, 2.45) is 0 Å². The monoisotopic (exact) mass is 504 g/mol. The summed E-state index contributed by atoms with van der Waals surface area (Å²) in [5, 5.41) is 0.902. The number of ether oxygens (including phenoxy) is 3. The smallest absolute Gasteiger partial charge is 0.338 e. The summed E-state index contributed by atoms with van der Waals surface area (Å²) in [6, 6.07) is 12.3. The average Bonchev–Trinajstić information content (AvgIpc) is 3.20. The van der Waals surface area contributed by atoms with Gasteiger partial charge in [-0.1, -0.05) is 23.2 Å². The number of aromatic nitrogens is 2. The fourth-order valence-electron chi connectivity index (χ4n) is 3.53. The molecule has 2 heterocycles. The molecule has 1 saturated heterocycles. The van der Waals surface area contributed by atoms with E-state index in [1.807, 2.05) is 0 Å². The molecule has 1 aliphatic heterocycles. The van der Waals surface area contributed by atoms with Crippen molar-refractivity contribution in [1.29, 1.82) is 0 Å². The number of nitrogens with one attached hydrogen (secondary N) is 1. The van der Waals surface area contributed by atoms with Gasteiger partial charge in [-0.25, -0.2) is 14.4 Å². The van der Waals surface area contributed by atoms with Gasteiger partial charge in [0.05, 0.1) is 17.7 Å². The lowest BCUT2D eigenvalue weighted by Crippen LogP contribution is -2.45. The summed E-state index contributed by atoms with van der Waals surface area (Å²) >= 11 is 11.7. The van der Waals surface area contributed by atoms with Crippen molar-refractivity contribution in [3.05, 3.63) is 103 Å². The Morgan fingerprint density at radius 3 is 2.12 bits per heavy atom. The van der Waals surface area contributed by atoms with Gasteiger partial charge in [0.1, 0.15) is 18.8 Å². The highest BCUT2D eigenvalue weighted by Crippen LogP contribution is 2.28. The van der Waals surface area contributed by atoms with Gasteiger partial charge in [-0.3, -0.25) is 9.36 Å². The third-order valence-electron chi connectivity index (χ3n) is 5.23. The van der Waals surface area contributed by atoms with E-state index in [1.54, 1.807) is 12.1 Å². The first-order valence-corrected chi connectivity index (χ1v) is 10.9. The molecule has 11 heteroatoms. The number of carbonyl (C=O) groups is 2. The Morgan fingerprint density at radius 1 is 0.941 bits per heavy atom. The molecule has 0 amide bonds. The number of esters is 2. The minimum absolute atomic E-state index is 0.116. The average molecular weight is 505 g/mol. The second-order valence-electron chi connectivity index (χ2n) is 7.41. The third-order valence-corrected chi connectivity index (χ3v) is 5.73. The van der Waals surface area contributed by atoms with Crippen molar-refractivity contribution in [3.8, 4) is 0 Å². The fourth-order valence-corrected chi connectivity index (χ4v) is 3.78. The van der Waals surface area contributed by atoms with Gasteiger partial charge >= 0.3 is 17.6 Å². The minimum atomic E-state index is -1.10. The highest BCUT2D eigenvalue weighted by Gasteiger charge is 2.43. The lowest BCUT2D eigenvalue weighted by molar-refractivity contribution is -0.0310. The van der Waals surface area contributed by atoms with Crippen LogP contribution >= 0.6 is 23.2 Å². The van der Waals surface area contributed by atoms with Gasteiger partial charge in [-0.05, 0) is 48.5 Å². The highest BCUT2D eigenvalue weighted by atomic mass is 35.5. The molecule has 0 saturated carbocycles. The Labute approximate surface area is 202 Å². The topological polar surface area (TPSA) is 117 Å². The molecule has 2 aromatic carbocycles. The van der Waals surface area contributed by atoms with Crippen LogP contribution in [0, 0.1) is 0 Å². The van der Waals surface area contributed by atoms with E-state index in [-0.39, 0.29) is 24.3 Å². The summed E-state index contributed by atoms with van der Waals surface area (Å²) in [5.74, 6) is -1.35. The molecule has 0 bridgehead atoms. The van der Waals surface area contributed by atoms with Crippen LogP contribution in [0.4, 0.5) is 0 Å². The normalized spacial score (nSPS) is 19.5. The number of rotatable bonds is 6. The van der Waals surface area contributed by atoms with Gasteiger partial charge in [0.25, 0.3) is 5.56 Å². The number of hydrogen-bond acceptors (Lipinski definition) is 7. The SMILES string of the molecule is O=C(OC[C@H]1OCC(n2c(=O)cc[nH]c2=O)C1OC(=O)c1ccc(Cl)cc1)c1ccc(Cl)cc1. The maximum atomic E-state index is 12.8. The van der Waals surface area contributed by atoms with Crippen molar-refractivity contribution in [1.82, 2.24) is 9.55 Å². The Morgan fingerprint density at radius 2 is 1.53 bits per heavy atom. The first-order chi connectivity index (χ1) is 16.3. The molecule has 3 atom stereocenters. The van der Waals surface area contributed by atoms with Crippen molar-refractivity contribution >= 4 is 35.1 Å². The molecule has 1 N–H and O–H groups in total. The summed E-state index contributed by atoms with van der Waals surface area (Å²) in [7, 11) is 0. The van der Waals surface area contributed by atoms with E-state index in [4.69, 9.17) is 37.4 Å². The highest BCUT2D eigenvalue weighted by molar-refractivity contribution is 6.31. The van der Waals surface area contributed by atoms with E-state index >= 15 is 0 Å². The van der Waals surface area contributed by atoms with Crippen molar-refractivity contribution in [2.45, 2.75) is 18.2 Å². The molecule has 0 aliphatic carbocycles. The minimum Gasteiger partial charge on any atom is -0.459 e. The van der Waals surface area contributed by atoms with Gasteiger partial charge in [0.15, 0.2) is 6.10 Å². The van der Waals surface area contributed by atoms with Crippen LogP contribution in [0.15, 0.2) is 70.4 Å². The van der Waals surface area contributed by atoms with E-state index < -0.39 is 41.4 Å². The predicted octanol–water partition coefficient (Wildman–Crippen LogP) is 2.87. The quantitative estimate of drug-likeness (QED) is 0.512. The first kappa shape index (κ1) is 23.7. The van der Waals surface area contributed by atoms with Crippen molar-refractivity contribution < 1.29 is 23.8 Å². The lowest BCUT2D eigenvalue weighted by Gasteiger charge is -2.23. The zero-order valence-corrected chi connectivity index (χ0v) is 19.0. The predicted molar refractivity (Wildman–Crippen MR) is 122 cm³/mol. The Bertz CT molecular complexity index is 1270. The molecular formula is C23H18Cl2N2O7. The first-order valence-electron chi connectivity index (χ1n) is 10.1. The van der Waals surface area contributed by atoms with Crippen molar-refractivity contribution in [3.63, 3.8) is 0 Å². The van der Waals surface area contributed by atoms with Crippen LogP contribution in [0.25, 0.3) is 0 Å². The van der Waals surface area contributed by atoms with Gasteiger partial charge in [-0.2, -0.15) is 0 Å². The number of hydrogen-bond donors (Lipinski definition) is 1. The molecule has 9 nitrogen and oxygen atoms in total. The summed E-state index contributed by atoms with van der Waals surface area (Å²) in [5.41, 5.74) is -0.804. The van der Waals surface area contributed by atoms with Crippen LogP contribution in [0.3, 0.4) is 0 Å². The van der Waals surface area contributed by atoms with Crippen LogP contribution in [0.2, 0.25) is 10.0 Å². The van der Waals surface area contributed by atoms with Crippen molar-refractivity contribution in [2.75, 3.05) is 13.2 Å². The van der Waals surface area contributed by atoms with Gasteiger partial charge < -0.3 is 19.2 Å². The molecule has 3 aromatic rings. The number of benzene rings is 2. The second-order valence-corrected chi connectivity index (χ2v) is 8.29. The number of halogens is 2. The molecule has 4 rings (SSSR count). The molecule has 1 fully saturated rings. The maximum Gasteiger partial charge on any atom is 0.338 e. The number of aromatic amines is 1. The standard InChI is InChI=1S/C23H18Cl2N2O7/c24-15-5-1-13(2-6-15)21(29)33-12-18-20(34-22(30)14-3-7-16(25)8-4-14)17(11-32-18)27-19(28)9-10-26-23(27)31/h1-10,17-18,20H,11-12H2,(H,26,31)/t17?,18-,20?/m1/s1. The fraction of sp³-hybridized carbons (Fsp3) is 0.217. The van der Waals surface area contributed by atoms with Crippen LogP contribution in [0.5, 0.6) is 0 Å². The van der Waals surface area contributed by atoms with Gasteiger partial charge in [0, 0.05) is 22.3 Å². The number of carbonyl (C=O) groups excluding carboxylic acids is 2. The largest absolute Gasteiger partial charge is 0.459 e. The third kappa shape index (κ3) is 5.22. The lowest BCUT2D eigenvalue weighted by atomic mass is 10.1. The second kappa shape index (κ2) is 10.3. The molecule has 34 heavy (non-hydrogen) atoms. The zero-order chi connectivity index (χ0) is 24.2. The number of H-pyrrole nitrogens is 1. The molecule has 0 radical (unpaired) electrons. The summed E-state index contributed by atoms with van der Waals surface area (Å²) in [6.07, 6.45) is -0.803. The molecule has 1 aliphatic rings. The van der Waals surface area contributed by atoms with Crippen LogP contribution in [0.1, 0.15) is 26.8 Å². The Balaban J connectivity index is 1.57. The van der Waals surface area contributed by atoms with Crippen LogP contribution in [-0.4, -0.2) is 46.9 Å². The van der Waals surface area contributed by atoms with E-state index in [0.717, 1.165) is 4.57 Å². The number of nitrogens with zero attached hydrogens (tertiary/aromatic N) is 1. The zero-order valence-electron chi connectivity index (χ0n) is 17.5. The van der Waals surface area contributed by atoms with Gasteiger partial charge in [-0.15, -0.1) is 0 Å². The Kier molecular flexibility index (Phi) is 7.16. The van der Waals surface area contributed by atoms with Crippen LogP contribution < -0.4 is 11.2 Å². The van der Waals surface area contributed by atoms with E-state index in [2.05, 4.69) is 4.98 Å².